The number of thiophene rings is 1. The molecule has 0 unspecified atom stereocenters. The molecule has 32 heavy (non-hydrogen) atoms. The maximum absolute atomic E-state index is 12.8. The summed E-state index contributed by atoms with van der Waals surface area (Å²) >= 11 is 3.26. The van der Waals surface area contributed by atoms with Crippen LogP contribution in [0.4, 0.5) is 5.69 Å². The van der Waals surface area contributed by atoms with E-state index in [9.17, 15) is 4.79 Å². The minimum absolute atomic E-state index is 0.0932. The molecule has 1 aliphatic heterocycles. The zero-order valence-electron chi connectivity index (χ0n) is 18.4. The van der Waals surface area contributed by atoms with Crippen LogP contribution in [0.5, 0.6) is 5.75 Å². The molecule has 0 radical (unpaired) electrons. The van der Waals surface area contributed by atoms with Crippen LogP contribution in [0, 0.1) is 0 Å². The van der Waals surface area contributed by atoms with Crippen molar-refractivity contribution >= 4 is 39.0 Å². The summed E-state index contributed by atoms with van der Waals surface area (Å²) in [6.07, 6.45) is 4.20. The quantitative estimate of drug-likeness (QED) is 0.246. The van der Waals surface area contributed by atoms with Gasteiger partial charge in [0.15, 0.2) is 5.16 Å². The molecule has 2 aromatic heterocycles. The second-order valence-electron chi connectivity index (χ2n) is 8.31. The van der Waals surface area contributed by atoms with Gasteiger partial charge in [0.2, 0.25) is 0 Å². The summed E-state index contributed by atoms with van der Waals surface area (Å²) in [6.45, 7) is 5.11. The predicted molar refractivity (Wildman–Crippen MR) is 133 cm³/mol. The van der Waals surface area contributed by atoms with Crippen LogP contribution in [0.2, 0.25) is 0 Å². The fourth-order valence-electron chi connectivity index (χ4n) is 4.69. The first-order valence-electron chi connectivity index (χ1n) is 11.2. The van der Waals surface area contributed by atoms with Crippen LogP contribution in [0.3, 0.4) is 0 Å². The van der Waals surface area contributed by atoms with Gasteiger partial charge in [-0.2, -0.15) is 0 Å². The smallest absolute Gasteiger partial charge is 0.281 e. The molecule has 2 aliphatic rings. The largest absolute Gasteiger partial charge is 0.495 e. The van der Waals surface area contributed by atoms with Crippen molar-refractivity contribution in [3.05, 3.63) is 45.1 Å². The van der Waals surface area contributed by atoms with E-state index in [1.54, 1.807) is 30.2 Å². The number of hydrogen-bond donors (Lipinski definition) is 1. The summed E-state index contributed by atoms with van der Waals surface area (Å²) in [6, 6.07) is 8.22. The molecule has 1 aliphatic carbocycles. The van der Waals surface area contributed by atoms with Crippen molar-refractivity contribution in [3.8, 4) is 5.75 Å². The minimum atomic E-state index is -0.0932. The van der Waals surface area contributed by atoms with Crippen molar-refractivity contribution in [1.82, 2.24) is 14.6 Å². The van der Waals surface area contributed by atoms with E-state index in [-0.39, 0.29) is 5.56 Å². The molecule has 7 nitrogen and oxygen atoms in total. The first kappa shape index (κ1) is 21.6. The number of nitrogens with two attached hydrogens (primary N) is 1. The number of aryl methyl sites for hydroxylation is 2. The van der Waals surface area contributed by atoms with E-state index in [4.69, 9.17) is 15.6 Å². The standard InChI is InChI=1S/C23H29N5O2S2/c1-30-18-8-3-2-7-17(18)27-13-11-26(12-14-27)10-5-15-31-23-25-21-20(22(29)28(23)24)16-6-4-9-19(16)32-21/h2-3,7-8H,4-6,9-15,24H2,1H3. The number of ether oxygens (including phenoxy) is 1. The van der Waals surface area contributed by atoms with Crippen molar-refractivity contribution in [1.29, 1.82) is 0 Å². The Morgan fingerprint density at radius 2 is 2.00 bits per heavy atom. The third-order valence-electron chi connectivity index (χ3n) is 6.39. The molecule has 3 heterocycles. The van der Waals surface area contributed by atoms with E-state index in [0.29, 0.717) is 5.16 Å². The number of anilines is 1. The minimum Gasteiger partial charge on any atom is -0.495 e. The molecule has 0 bridgehead atoms. The summed E-state index contributed by atoms with van der Waals surface area (Å²) in [5.74, 6) is 7.95. The Balaban J connectivity index is 1.14. The molecule has 0 amide bonds. The van der Waals surface area contributed by atoms with Gasteiger partial charge in [-0.05, 0) is 49.9 Å². The molecule has 0 atom stereocenters. The highest BCUT2D eigenvalue weighted by atomic mass is 32.2. The summed E-state index contributed by atoms with van der Waals surface area (Å²) in [4.78, 5) is 24.6. The molecular weight excluding hydrogens is 442 g/mol. The van der Waals surface area contributed by atoms with Crippen molar-refractivity contribution in [2.75, 3.05) is 56.3 Å². The summed E-state index contributed by atoms with van der Waals surface area (Å²) in [5, 5.41) is 1.38. The van der Waals surface area contributed by atoms with E-state index in [1.165, 1.54) is 20.8 Å². The number of nitrogens with zero attached hydrogens (tertiary/aromatic N) is 4. The van der Waals surface area contributed by atoms with Crippen molar-refractivity contribution < 1.29 is 4.74 Å². The van der Waals surface area contributed by atoms with E-state index in [1.807, 2.05) is 12.1 Å². The van der Waals surface area contributed by atoms with Crippen LogP contribution < -0.4 is 21.0 Å². The van der Waals surface area contributed by atoms with Crippen LogP contribution in [-0.2, 0) is 12.8 Å². The van der Waals surface area contributed by atoms with Crippen LogP contribution in [0.25, 0.3) is 10.2 Å². The first-order chi connectivity index (χ1) is 15.7. The van der Waals surface area contributed by atoms with E-state index < -0.39 is 0 Å². The lowest BCUT2D eigenvalue weighted by Crippen LogP contribution is -2.46. The number of nitrogen functional groups attached to an aromatic ring is 1. The Bertz CT molecular complexity index is 1170. The van der Waals surface area contributed by atoms with Gasteiger partial charge in [0.05, 0.1) is 18.2 Å². The monoisotopic (exact) mass is 471 g/mol. The molecular formula is C23H29N5O2S2. The van der Waals surface area contributed by atoms with Crippen molar-refractivity contribution in [2.24, 2.45) is 0 Å². The molecule has 170 valence electrons. The summed E-state index contributed by atoms with van der Waals surface area (Å²) < 4.78 is 6.77. The number of aromatic nitrogens is 2. The van der Waals surface area contributed by atoms with Crippen LogP contribution in [0.1, 0.15) is 23.3 Å². The lowest BCUT2D eigenvalue weighted by molar-refractivity contribution is 0.258. The molecule has 1 fully saturated rings. The molecule has 0 saturated carbocycles. The van der Waals surface area contributed by atoms with Gasteiger partial charge < -0.3 is 15.5 Å². The normalized spacial score (nSPS) is 16.6. The maximum Gasteiger partial charge on any atom is 0.281 e. The Kier molecular flexibility index (Phi) is 6.30. The van der Waals surface area contributed by atoms with Gasteiger partial charge in [0, 0.05) is 36.8 Å². The van der Waals surface area contributed by atoms with Gasteiger partial charge >= 0.3 is 0 Å². The number of rotatable bonds is 7. The highest BCUT2D eigenvalue weighted by Gasteiger charge is 2.23. The molecule has 1 aromatic carbocycles. The van der Waals surface area contributed by atoms with Gasteiger partial charge in [0.25, 0.3) is 5.56 Å². The van der Waals surface area contributed by atoms with E-state index in [2.05, 4.69) is 21.9 Å². The maximum atomic E-state index is 12.8. The average Bonchev–Trinajstić information content (AvgIpc) is 3.41. The predicted octanol–water partition coefficient (Wildman–Crippen LogP) is 2.97. The molecule has 0 spiro atoms. The molecule has 5 rings (SSSR count). The molecule has 1 saturated heterocycles. The zero-order valence-corrected chi connectivity index (χ0v) is 20.0. The van der Waals surface area contributed by atoms with Gasteiger partial charge in [-0.3, -0.25) is 9.69 Å². The number of para-hydroxylation sites is 2. The Hall–Kier alpha value is -2.23. The SMILES string of the molecule is COc1ccccc1N1CCN(CCCSc2nc3sc4c(c3c(=O)n2N)CCC4)CC1. The van der Waals surface area contributed by atoms with Crippen molar-refractivity contribution in [2.45, 2.75) is 30.8 Å². The fraction of sp³-hybridized carbons (Fsp3) is 0.478. The second-order valence-corrected chi connectivity index (χ2v) is 10.5. The Morgan fingerprint density at radius 3 is 2.81 bits per heavy atom. The highest BCUT2D eigenvalue weighted by molar-refractivity contribution is 7.99. The number of piperazine rings is 1. The highest BCUT2D eigenvalue weighted by Crippen LogP contribution is 2.35. The van der Waals surface area contributed by atoms with Crippen LogP contribution in [-0.4, -0.2) is 60.1 Å². The topological polar surface area (TPSA) is 76.6 Å². The first-order valence-corrected chi connectivity index (χ1v) is 13.0. The lowest BCUT2D eigenvalue weighted by Gasteiger charge is -2.36. The fourth-order valence-corrected chi connectivity index (χ4v) is 6.84. The summed E-state index contributed by atoms with van der Waals surface area (Å²) in [7, 11) is 1.73. The van der Waals surface area contributed by atoms with E-state index >= 15 is 0 Å². The van der Waals surface area contributed by atoms with Crippen molar-refractivity contribution in [3.63, 3.8) is 0 Å². The number of fused-ring (bicyclic) bond motifs is 3. The third kappa shape index (κ3) is 4.09. The lowest BCUT2D eigenvalue weighted by atomic mass is 10.2. The molecule has 3 aromatic rings. The van der Waals surface area contributed by atoms with Gasteiger partial charge in [0.1, 0.15) is 10.6 Å². The second kappa shape index (κ2) is 9.33. The van der Waals surface area contributed by atoms with Gasteiger partial charge in [-0.1, -0.05) is 23.9 Å². The number of thioether (sulfide) groups is 1. The zero-order chi connectivity index (χ0) is 22.1. The number of benzene rings is 1. The molecule has 9 heteroatoms. The Morgan fingerprint density at radius 1 is 1.19 bits per heavy atom. The Labute approximate surface area is 196 Å². The third-order valence-corrected chi connectivity index (χ3v) is 8.61. The molecule has 2 N–H and O–H groups in total. The van der Waals surface area contributed by atoms with Crippen LogP contribution >= 0.6 is 23.1 Å². The van der Waals surface area contributed by atoms with Gasteiger partial charge in [-0.25, -0.2) is 9.66 Å². The van der Waals surface area contributed by atoms with E-state index in [0.717, 1.165) is 80.1 Å². The van der Waals surface area contributed by atoms with Crippen LogP contribution in [0.15, 0.2) is 34.2 Å². The number of hydrogen-bond acceptors (Lipinski definition) is 8. The summed E-state index contributed by atoms with van der Waals surface area (Å²) in [5.41, 5.74) is 2.27. The average molecular weight is 472 g/mol. The van der Waals surface area contributed by atoms with Gasteiger partial charge in [-0.15, -0.1) is 11.3 Å². The number of methoxy groups -OCH3 is 1.